The first-order valence-corrected chi connectivity index (χ1v) is 19.2. The number of anilines is 6. The third-order valence-electron chi connectivity index (χ3n) is 10.2. The van der Waals surface area contributed by atoms with Gasteiger partial charge in [0, 0.05) is 22.7 Å². The van der Waals surface area contributed by atoms with Gasteiger partial charge in [0.25, 0.3) is 0 Å². The molecule has 0 unspecified atom stereocenters. The van der Waals surface area contributed by atoms with Crippen molar-refractivity contribution in [1.82, 2.24) is 0 Å². The van der Waals surface area contributed by atoms with E-state index in [-0.39, 0.29) is 0 Å². The summed E-state index contributed by atoms with van der Waals surface area (Å²) in [5, 5.41) is 2.58. The van der Waals surface area contributed by atoms with Crippen molar-refractivity contribution in [2.24, 2.45) is 0 Å². The van der Waals surface area contributed by atoms with E-state index in [0.29, 0.717) is 0 Å². The van der Waals surface area contributed by atoms with Gasteiger partial charge in [0.15, 0.2) is 0 Å². The summed E-state index contributed by atoms with van der Waals surface area (Å²) in [5.74, 6) is 0. The number of nitrogens with zero attached hydrogens (tertiary/aromatic N) is 2. The molecule has 0 aliphatic carbocycles. The van der Waals surface area contributed by atoms with Gasteiger partial charge in [-0.3, -0.25) is 0 Å². The molecule has 0 atom stereocenters. The Morgan fingerprint density at radius 1 is 0.444 bits per heavy atom. The summed E-state index contributed by atoms with van der Waals surface area (Å²) in [7, 11) is 0. The van der Waals surface area contributed by atoms with Crippen LogP contribution in [0.4, 0.5) is 34.1 Å². The Hall–Kier alpha value is -5.86. The van der Waals surface area contributed by atoms with Crippen LogP contribution in [-0.2, 0) is 12.8 Å². The zero-order valence-corrected chi connectivity index (χ0v) is 33.0. The maximum absolute atomic E-state index is 3.93. The highest BCUT2D eigenvalue weighted by Crippen LogP contribution is 2.45. The van der Waals surface area contributed by atoms with Crippen LogP contribution >= 0.6 is 0 Å². The van der Waals surface area contributed by atoms with Crippen molar-refractivity contribution >= 4 is 44.9 Å². The van der Waals surface area contributed by atoms with E-state index in [4.69, 9.17) is 0 Å². The Balaban J connectivity index is 1.68. The molecule has 6 aromatic rings. The topological polar surface area (TPSA) is 6.48 Å². The molecular weight excluding hydrogens is 653 g/mol. The number of rotatable bonds is 14. The van der Waals surface area contributed by atoms with E-state index in [1.165, 1.54) is 78.0 Å². The summed E-state index contributed by atoms with van der Waals surface area (Å²) in [6.07, 6.45) is 15.9. The Labute approximate surface area is 324 Å². The lowest BCUT2D eigenvalue weighted by molar-refractivity contribution is 1.00. The monoisotopic (exact) mass is 706 g/mol. The number of benzene rings is 6. The molecule has 0 aliphatic rings. The highest BCUT2D eigenvalue weighted by Gasteiger charge is 2.23. The van der Waals surface area contributed by atoms with Crippen molar-refractivity contribution in [3.63, 3.8) is 0 Å². The Kier molecular flexibility index (Phi) is 12.1. The highest BCUT2D eigenvalue weighted by atomic mass is 15.2. The second-order valence-electron chi connectivity index (χ2n) is 14.5. The fourth-order valence-electron chi connectivity index (χ4n) is 8.13. The molecule has 0 radical (unpaired) electrons. The zero-order chi connectivity index (χ0) is 38.2. The maximum Gasteiger partial charge on any atom is 0.0520 e. The summed E-state index contributed by atoms with van der Waals surface area (Å²) < 4.78 is 0. The SMILES string of the molecule is C=C/C=C/CCc1cc(N(c2ccccc2)c2c(C)cc(C)cc2C)cc2c(CC/C=C/C=C)cc(N(c3ccccc3)c3c(C)cc(C)cc3C)cc12. The second-order valence-corrected chi connectivity index (χ2v) is 14.5. The van der Waals surface area contributed by atoms with Crippen LogP contribution < -0.4 is 9.80 Å². The molecule has 0 amide bonds. The highest BCUT2D eigenvalue weighted by molar-refractivity contribution is 5.98. The van der Waals surface area contributed by atoms with Crippen LogP contribution in [0.5, 0.6) is 0 Å². The summed E-state index contributed by atoms with van der Waals surface area (Å²) in [6.45, 7) is 21.2. The molecule has 0 fully saturated rings. The van der Waals surface area contributed by atoms with Crippen molar-refractivity contribution < 1.29 is 0 Å². The summed E-state index contributed by atoms with van der Waals surface area (Å²) in [4.78, 5) is 4.94. The summed E-state index contributed by atoms with van der Waals surface area (Å²) >= 11 is 0. The summed E-state index contributed by atoms with van der Waals surface area (Å²) in [5.41, 5.74) is 17.4. The number of hydrogen-bond donors (Lipinski definition) is 0. The molecule has 0 saturated heterocycles. The molecular formula is C52H54N2. The third-order valence-corrected chi connectivity index (χ3v) is 10.2. The van der Waals surface area contributed by atoms with Crippen LogP contribution in [0, 0.1) is 41.5 Å². The first-order chi connectivity index (χ1) is 26.2. The summed E-state index contributed by atoms with van der Waals surface area (Å²) in [6, 6.07) is 40.6. The Morgan fingerprint density at radius 2 is 0.796 bits per heavy atom. The lowest BCUT2D eigenvalue weighted by Crippen LogP contribution is -2.15. The smallest absolute Gasteiger partial charge is 0.0520 e. The molecule has 2 heteroatoms. The zero-order valence-electron chi connectivity index (χ0n) is 33.0. The van der Waals surface area contributed by atoms with E-state index in [9.17, 15) is 0 Å². The van der Waals surface area contributed by atoms with E-state index in [1.54, 1.807) is 0 Å². The van der Waals surface area contributed by atoms with Gasteiger partial charge < -0.3 is 9.80 Å². The molecule has 0 saturated carbocycles. The van der Waals surface area contributed by atoms with Crippen LogP contribution in [0.3, 0.4) is 0 Å². The van der Waals surface area contributed by atoms with Crippen molar-refractivity contribution in [3.8, 4) is 0 Å². The molecule has 0 heterocycles. The minimum absolute atomic E-state index is 0.899. The molecule has 0 aromatic heterocycles. The lowest BCUT2D eigenvalue weighted by atomic mass is 9.92. The van der Waals surface area contributed by atoms with Crippen LogP contribution in [0.1, 0.15) is 57.3 Å². The Bertz CT molecular complexity index is 2110. The molecule has 0 aliphatic heterocycles. The average molecular weight is 707 g/mol. The minimum Gasteiger partial charge on any atom is -0.310 e. The normalized spacial score (nSPS) is 11.4. The molecule has 272 valence electrons. The predicted molar refractivity (Wildman–Crippen MR) is 237 cm³/mol. The van der Waals surface area contributed by atoms with Crippen LogP contribution in [0.15, 0.2) is 159 Å². The average Bonchev–Trinajstić information content (AvgIpc) is 3.15. The number of aryl methyl sites for hydroxylation is 8. The molecule has 6 aromatic carbocycles. The molecule has 0 N–H and O–H groups in total. The second kappa shape index (κ2) is 17.3. The van der Waals surface area contributed by atoms with Gasteiger partial charge in [-0.2, -0.15) is 0 Å². The van der Waals surface area contributed by atoms with Gasteiger partial charge in [0.1, 0.15) is 0 Å². The fourth-order valence-corrected chi connectivity index (χ4v) is 8.13. The quantitative estimate of drug-likeness (QED) is 0.104. The van der Waals surface area contributed by atoms with Crippen molar-refractivity contribution in [2.75, 3.05) is 9.80 Å². The maximum atomic E-state index is 3.93. The number of fused-ring (bicyclic) bond motifs is 1. The molecule has 54 heavy (non-hydrogen) atoms. The van der Waals surface area contributed by atoms with Gasteiger partial charge in [0.2, 0.25) is 0 Å². The first-order valence-electron chi connectivity index (χ1n) is 19.2. The third kappa shape index (κ3) is 8.35. The number of para-hydroxylation sites is 2. The van der Waals surface area contributed by atoms with Crippen molar-refractivity contribution in [3.05, 3.63) is 203 Å². The van der Waals surface area contributed by atoms with Crippen LogP contribution in [0.2, 0.25) is 0 Å². The van der Waals surface area contributed by atoms with E-state index in [1.807, 2.05) is 12.2 Å². The molecule has 0 spiro atoms. The predicted octanol–water partition coefficient (Wildman–Crippen LogP) is 15.0. The van der Waals surface area contributed by atoms with Gasteiger partial charge in [-0.15, -0.1) is 0 Å². The van der Waals surface area contributed by atoms with Gasteiger partial charge in [-0.05, 0) is 160 Å². The number of allylic oxidation sites excluding steroid dienone is 6. The largest absolute Gasteiger partial charge is 0.310 e. The Morgan fingerprint density at radius 3 is 1.13 bits per heavy atom. The molecule has 6 rings (SSSR count). The van der Waals surface area contributed by atoms with E-state index < -0.39 is 0 Å². The van der Waals surface area contributed by atoms with E-state index in [2.05, 4.69) is 198 Å². The van der Waals surface area contributed by atoms with Gasteiger partial charge in [0.05, 0.1) is 11.4 Å². The van der Waals surface area contributed by atoms with Gasteiger partial charge in [-0.1, -0.05) is 121 Å². The van der Waals surface area contributed by atoms with Gasteiger partial charge >= 0.3 is 0 Å². The van der Waals surface area contributed by atoms with Crippen molar-refractivity contribution in [1.29, 1.82) is 0 Å². The minimum atomic E-state index is 0.899. The van der Waals surface area contributed by atoms with Crippen LogP contribution in [-0.4, -0.2) is 0 Å². The lowest BCUT2D eigenvalue weighted by Gasteiger charge is -2.32. The molecule has 0 bridgehead atoms. The fraction of sp³-hybridized carbons (Fsp3) is 0.192. The van der Waals surface area contributed by atoms with E-state index in [0.717, 1.165) is 37.1 Å². The first kappa shape index (κ1) is 37.9. The van der Waals surface area contributed by atoms with E-state index >= 15 is 0 Å². The standard InChI is InChI=1S/C52H54N2/c1-9-11-13-17-23-43-33-47(53(45-25-19-15-20-26-45)51-39(5)29-37(3)30-40(51)6)36-50-44(24-18-14-12-10-2)34-48(35-49(43)50)54(46-27-21-16-22-28-46)52-41(7)31-38(4)32-42(52)8/h9-16,19-22,25-36H,1-2,17-18,23-24H2,3-8H3/b13-11+,14-12+. The van der Waals surface area contributed by atoms with Crippen molar-refractivity contribution in [2.45, 2.75) is 67.2 Å². The van der Waals surface area contributed by atoms with Crippen LogP contribution in [0.25, 0.3) is 10.8 Å². The molecule has 2 nitrogen and oxygen atoms in total. The van der Waals surface area contributed by atoms with Gasteiger partial charge in [-0.25, -0.2) is 0 Å². The number of hydrogen-bond acceptors (Lipinski definition) is 2.